The molecule has 0 bridgehead atoms. The minimum absolute atomic E-state index is 0.00290. The van der Waals surface area contributed by atoms with Gasteiger partial charge in [0.15, 0.2) is 0 Å². The van der Waals surface area contributed by atoms with Crippen molar-refractivity contribution in [2.45, 2.75) is 92.0 Å². The Balaban J connectivity index is 3.45. The SMILES string of the molecule is CCOC(=O)CCNC(=O)C(c1cccc(O)c1)N(C(=O)C(NC(=O)OC(C)(C)C)C(C)C)C(C)(C)C. The summed E-state index contributed by atoms with van der Waals surface area (Å²) in [5, 5.41) is 15.5. The molecule has 1 rings (SSSR count). The molecule has 3 amide bonds. The van der Waals surface area contributed by atoms with E-state index < -0.39 is 47.1 Å². The average molecular weight is 522 g/mol. The Morgan fingerprint density at radius 3 is 2.16 bits per heavy atom. The fourth-order valence-corrected chi connectivity index (χ4v) is 3.67. The van der Waals surface area contributed by atoms with E-state index in [2.05, 4.69) is 10.6 Å². The minimum atomic E-state index is -1.16. The number of hydrogen-bond acceptors (Lipinski definition) is 7. The number of phenolic OH excluding ortho intramolecular Hbond substituents is 1. The molecule has 0 heterocycles. The number of alkyl carbamates (subject to hydrolysis) is 1. The zero-order valence-corrected chi connectivity index (χ0v) is 23.5. The lowest BCUT2D eigenvalue weighted by molar-refractivity contribution is -0.149. The van der Waals surface area contributed by atoms with Gasteiger partial charge in [-0.25, -0.2) is 4.79 Å². The number of esters is 1. The molecule has 10 nitrogen and oxygen atoms in total. The maximum absolute atomic E-state index is 14.0. The molecule has 0 aliphatic heterocycles. The lowest BCUT2D eigenvalue weighted by atomic mass is 9.93. The van der Waals surface area contributed by atoms with Crippen molar-refractivity contribution in [1.29, 1.82) is 0 Å². The van der Waals surface area contributed by atoms with Gasteiger partial charge in [0, 0.05) is 12.1 Å². The second kappa shape index (κ2) is 13.3. The van der Waals surface area contributed by atoms with Crippen LogP contribution in [0.4, 0.5) is 4.79 Å². The van der Waals surface area contributed by atoms with Gasteiger partial charge in [-0.15, -0.1) is 0 Å². The molecular formula is C27H43N3O7. The number of nitrogens with one attached hydrogen (secondary N) is 2. The summed E-state index contributed by atoms with van der Waals surface area (Å²) in [6, 6.07) is 3.92. The summed E-state index contributed by atoms with van der Waals surface area (Å²) in [6.45, 7) is 16.0. The summed E-state index contributed by atoms with van der Waals surface area (Å²) in [5.74, 6) is -1.90. The molecular weight excluding hydrogens is 478 g/mol. The molecule has 1 aromatic carbocycles. The zero-order chi connectivity index (χ0) is 28.6. The zero-order valence-electron chi connectivity index (χ0n) is 23.5. The Kier molecular flexibility index (Phi) is 11.4. The van der Waals surface area contributed by atoms with Crippen LogP contribution >= 0.6 is 0 Å². The first kappa shape index (κ1) is 31.7. The van der Waals surface area contributed by atoms with Gasteiger partial charge in [-0.05, 0) is 72.1 Å². The number of aromatic hydroxyl groups is 1. The molecule has 0 aromatic heterocycles. The molecule has 10 heteroatoms. The van der Waals surface area contributed by atoms with Crippen molar-refractivity contribution < 1.29 is 33.8 Å². The van der Waals surface area contributed by atoms with E-state index in [1.54, 1.807) is 74.4 Å². The molecule has 0 spiro atoms. The van der Waals surface area contributed by atoms with Gasteiger partial charge in [0.25, 0.3) is 0 Å². The molecule has 0 fully saturated rings. The van der Waals surface area contributed by atoms with Crippen LogP contribution < -0.4 is 10.6 Å². The number of amides is 3. The summed E-state index contributed by atoms with van der Waals surface area (Å²) in [5.41, 5.74) is -1.27. The predicted octanol–water partition coefficient (Wildman–Crippen LogP) is 3.68. The Bertz CT molecular complexity index is 948. The van der Waals surface area contributed by atoms with Crippen molar-refractivity contribution in [3.63, 3.8) is 0 Å². The molecule has 1 aromatic rings. The molecule has 0 saturated carbocycles. The molecule has 3 N–H and O–H groups in total. The number of carbonyl (C=O) groups is 4. The summed E-state index contributed by atoms with van der Waals surface area (Å²) in [7, 11) is 0. The summed E-state index contributed by atoms with van der Waals surface area (Å²) >= 11 is 0. The summed E-state index contributed by atoms with van der Waals surface area (Å²) < 4.78 is 10.3. The van der Waals surface area contributed by atoms with E-state index in [1.165, 1.54) is 17.0 Å². The normalized spacial score (nSPS) is 13.4. The number of phenols is 1. The molecule has 0 aliphatic rings. The lowest BCUT2D eigenvalue weighted by Gasteiger charge is -2.43. The third-order valence-electron chi connectivity index (χ3n) is 5.19. The third kappa shape index (κ3) is 10.3. The second-order valence-electron chi connectivity index (χ2n) is 11.1. The van der Waals surface area contributed by atoms with Gasteiger partial charge < -0.3 is 30.1 Å². The minimum Gasteiger partial charge on any atom is -0.508 e. The largest absolute Gasteiger partial charge is 0.508 e. The summed E-state index contributed by atoms with van der Waals surface area (Å²) in [6.07, 6.45) is -0.786. The molecule has 37 heavy (non-hydrogen) atoms. The van der Waals surface area contributed by atoms with Gasteiger partial charge in [0.2, 0.25) is 11.8 Å². The second-order valence-corrected chi connectivity index (χ2v) is 11.1. The van der Waals surface area contributed by atoms with Crippen molar-refractivity contribution >= 4 is 23.9 Å². The molecule has 2 unspecified atom stereocenters. The van der Waals surface area contributed by atoms with E-state index in [0.29, 0.717) is 5.56 Å². The Morgan fingerprint density at radius 1 is 1.05 bits per heavy atom. The standard InChI is InChI=1S/C27H43N3O7/c1-10-36-20(32)14-15-28-23(33)22(18-12-11-13-19(31)16-18)30(26(4,5)6)24(34)21(17(2)3)29-25(35)37-27(7,8)9/h11-13,16-17,21-22,31H,10,14-15H2,1-9H3,(H,28,33)(H,29,35). The first-order valence-electron chi connectivity index (χ1n) is 12.5. The van der Waals surface area contributed by atoms with Crippen molar-refractivity contribution in [1.82, 2.24) is 15.5 Å². The first-order valence-corrected chi connectivity index (χ1v) is 12.5. The number of hydrogen-bond donors (Lipinski definition) is 3. The highest BCUT2D eigenvalue weighted by Gasteiger charge is 2.42. The van der Waals surface area contributed by atoms with Crippen LogP contribution in [0, 0.1) is 5.92 Å². The third-order valence-corrected chi connectivity index (χ3v) is 5.19. The van der Waals surface area contributed by atoms with E-state index in [0.717, 1.165) is 0 Å². The van der Waals surface area contributed by atoms with Gasteiger partial charge in [-0.2, -0.15) is 0 Å². The molecule has 208 valence electrons. The number of nitrogens with zero attached hydrogens (tertiary/aromatic N) is 1. The van der Waals surface area contributed by atoms with E-state index in [1.807, 2.05) is 0 Å². The van der Waals surface area contributed by atoms with Crippen LogP contribution in [0.2, 0.25) is 0 Å². The van der Waals surface area contributed by atoms with Crippen LogP contribution in [0.5, 0.6) is 5.75 Å². The number of carbonyl (C=O) groups excluding carboxylic acids is 4. The van der Waals surface area contributed by atoms with E-state index >= 15 is 0 Å². The van der Waals surface area contributed by atoms with Crippen molar-refractivity contribution in [3.05, 3.63) is 29.8 Å². The number of rotatable bonds is 10. The predicted molar refractivity (Wildman–Crippen MR) is 140 cm³/mol. The molecule has 0 radical (unpaired) electrons. The highest BCUT2D eigenvalue weighted by molar-refractivity contribution is 5.93. The van der Waals surface area contributed by atoms with E-state index in [9.17, 15) is 24.3 Å². The molecule has 0 aliphatic carbocycles. The Labute approximate surface area is 220 Å². The van der Waals surface area contributed by atoms with Crippen molar-refractivity contribution in [2.75, 3.05) is 13.2 Å². The van der Waals surface area contributed by atoms with Crippen LogP contribution in [-0.2, 0) is 23.9 Å². The van der Waals surface area contributed by atoms with Crippen LogP contribution in [-0.4, -0.2) is 64.2 Å². The van der Waals surface area contributed by atoms with E-state index in [-0.39, 0.29) is 31.2 Å². The number of benzene rings is 1. The van der Waals surface area contributed by atoms with Crippen LogP contribution in [0.25, 0.3) is 0 Å². The molecule has 0 saturated heterocycles. The topological polar surface area (TPSA) is 134 Å². The van der Waals surface area contributed by atoms with Gasteiger partial charge in [0.1, 0.15) is 23.4 Å². The quantitative estimate of drug-likeness (QED) is 0.400. The van der Waals surface area contributed by atoms with E-state index in [4.69, 9.17) is 9.47 Å². The highest BCUT2D eigenvalue weighted by atomic mass is 16.6. The van der Waals surface area contributed by atoms with Crippen molar-refractivity contribution in [2.24, 2.45) is 5.92 Å². The fraction of sp³-hybridized carbons (Fsp3) is 0.630. The average Bonchev–Trinajstić information content (AvgIpc) is 2.73. The van der Waals surface area contributed by atoms with Gasteiger partial charge in [0.05, 0.1) is 13.0 Å². The number of ether oxygens (including phenoxy) is 2. The maximum atomic E-state index is 14.0. The van der Waals surface area contributed by atoms with Gasteiger partial charge in [-0.1, -0.05) is 26.0 Å². The Hall–Kier alpha value is -3.30. The maximum Gasteiger partial charge on any atom is 0.408 e. The molecule has 2 atom stereocenters. The summed E-state index contributed by atoms with van der Waals surface area (Å²) in [4.78, 5) is 53.3. The smallest absolute Gasteiger partial charge is 0.408 e. The van der Waals surface area contributed by atoms with Crippen LogP contribution in [0.1, 0.15) is 80.3 Å². The van der Waals surface area contributed by atoms with Gasteiger partial charge >= 0.3 is 12.1 Å². The monoisotopic (exact) mass is 521 g/mol. The highest BCUT2D eigenvalue weighted by Crippen LogP contribution is 2.32. The van der Waals surface area contributed by atoms with Crippen molar-refractivity contribution in [3.8, 4) is 5.75 Å². The van der Waals surface area contributed by atoms with Gasteiger partial charge in [-0.3, -0.25) is 14.4 Å². The fourth-order valence-electron chi connectivity index (χ4n) is 3.67. The lowest BCUT2D eigenvalue weighted by Crippen LogP contribution is -2.59. The van der Waals surface area contributed by atoms with Crippen LogP contribution in [0.3, 0.4) is 0 Å². The van der Waals surface area contributed by atoms with Crippen LogP contribution in [0.15, 0.2) is 24.3 Å². The Morgan fingerprint density at radius 2 is 1.68 bits per heavy atom. The first-order chi connectivity index (χ1) is 17.0.